The second-order valence-electron chi connectivity index (χ2n) is 4.42. The van der Waals surface area contributed by atoms with E-state index >= 15 is 0 Å². The van der Waals surface area contributed by atoms with Gasteiger partial charge in [-0.15, -0.1) is 11.6 Å². The molecule has 106 valence electrons. The molecule has 4 heteroatoms. The van der Waals surface area contributed by atoms with Crippen molar-refractivity contribution in [2.75, 3.05) is 14.2 Å². The third-order valence-corrected chi connectivity index (χ3v) is 4.62. The zero-order valence-corrected chi connectivity index (χ0v) is 14.0. The molecule has 0 fully saturated rings. The summed E-state index contributed by atoms with van der Waals surface area (Å²) in [6, 6.07) is 11.7. The zero-order valence-electron chi connectivity index (χ0n) is 11.6. The first-order valence-corrected chi connectivity index (χ1v) is 7.42. The van der Waals surface area contributed by atoms with Crippen LogP contribution >= 0.6 is 27.5 Å². The van der Waals surface area contributed by atoms with Crippen molar-refractivity contribution < 1.29 is 9.47 Å². The van der Waals surface area contributed by atoms with Crippen LogP contribution in [0.15, 0.2) is 40.9 Å². The molecular weight excluding hydrogens is 340 g/mol. The molecule has 20 heavy (non-hydrogen) atoms. The van der Waals surface area contributed by atoms with E-state index < -0.39 is 0 Å². The average molecular weight is 356 g/mol. The lowest BCUT2D eigenvalue weighted by atomic mass is 9.99. The molecule has 1 atom stereocenters. The van der Waals surface area contributed by atoms with Crippen molar-refractivity contribution in [2.45, 2.75) is 12.3 Å². The molecule has 0 radical (unpaired) electrons. The summed E-state index contributed by atoms with van der Waals surface area (Å²) in [6.45, 7) is 2.04. The molecule has 0 spiro atoms. The number of benzene rings is 2. The van der Waals surface area contributed by atoms with Gasteiger partial charge < -0.3 is 9.47 Å². The number of hydrogen-bond donors (Lipinski definition) is 0. The Balaban J connectivity index is 2.51. The molecule has 2 aromatic carbocycles. The normalized spacial score (nSPS) is 12.1. The van der Waals surface area contributed by atoms with Gasteiger partial charge >= 0.3 is 0 Å². The van der Waals surface area contributed by atoms with Crippen molar-refractivity contribution in [3.05, 3.63) is 57.6 Å². The van der Waals surface area contributed by atoms with E-state index in [1.165, 1.54) is 0 Å². The molecule has 0 amide bonds. The van der Waals surface area contributed by atoms with Crippen molar-refractivity contribution in [1.82, 2.24) is 0 Å². The van der Waals surface area contributed by atoms with Gasteiger partial charge in [0.05, 0.1) is 19.6 Å². The molecule has 0 heterocycles. The number of rotatable bonds is 4. The molecule has 0 aromatic heterocycles. The van der Waals surface area contributed by atoms with Gasteiger partial charge in [-0.05, 0) is 42.3 Å². The Morgan fingerprint density at radius 2 is 1.80 bits per heavy atom. The molecule has 2 rings (SSSR count). The van der Waals surface area contributed by atoms with Crippen molar-refractivity contribution in [3.63, 3.8) is 0 Å². The highest BCUT2D eigenvalue weighted by atomic mass is 79.9. The Kier molecular flexibility index (Phi) is 4.95. The largest absolute Gasteiger partial charge is 0.497 e. The summed E-state index contributed by atoms with van der Waals surface area (Å²) in [5.74, 6) is 1.52. The van der Waals surface area contributed by atoms with E-state index in [0.29, 0.717) is 0 Å². The van der Waals surface area contributed by atoms with Crippen LogP contribution in [-0.2, 0) is 0 Å². The SMILES string of the molecule is COc1ccc(OC)c(C(Cl)c2cccc(Br)c2C)c1. The van der Waals surface area contributed by atoms with Gasteiger partial charge in [-0.3, -0.25) is 0 Å². The lowest BCUT2D eigenvalue weighted by Gasteiger charge is -2.18. The summed E-state index contributed by atoms with van der Waals surface area (Å²) >= 11 is 10.2. The Morgan fingerprint density at radius 1 is 1.05 bits per heavy atom. The number of hydrogen-bond acceptors (Lipinski definition) is 2. The van der Waals surface area contributed by atoms with Crippen LogP contribution in [-0.4, -0.2) is 14.2 Å². The Hall–Kier alpha value is -1.19. The molecule has 0 aliphatic carbocycles. The van der Waals surface area contributed by atoms with E-state index in [1.54, 1.807) is 14.2 Å². The van der Waals surface area contributed by atoms with Crippen LogP contribution in [0.5, 0.6) is 11.5 Å². The minimum atomic E-state index is -0.294. The average Bonchev–Trinajstić information content (AvgIpc) is 2.48. The lowest BCUT2D eigenvalue weighted by molar-refractivity contribution is 0.399. The predicted molar refractivity (Wildman–Crippen MR) is 86.1 cm³/mol. The summed E-state index contributed by atoms with van der Waals surface area (Å²) in [6.07, 6.45) is 0. The number of methoxy groups -OCH3 is 2. The van der Waals surface area contributed by atoms with Crippen molar-refractivity contribution in [2.24, 2.45) is 0 Å². The third-order valence-electron chi connectivity index (χ3n) is 3.29. The maximum absolute atomic E-state index is 6.67. The van der Waals surface area contributed by atoms with E-state index in [4.69, 9.17) is 21.1 Å². The van der Waals surface area contributed by atoms with Gasteiger partial charge in [-0.2, -0.15) is 0 Å². The van der Waals surface area contributed by atoms with Gasteiger partial charge in [-0.1, -0.05) is 28.1 Å². The van der Waals surface area contributed by atoms with Gasteiger partial charge in [0.15, 0.2) is 0 Å². The first-order valence-electron chi connectivity index (χ1n) is 6.19. The van der Waals surface area contributed by atoms with E-state index in [2.05, 4.69) is 15.9 Å². The molecule has 0 bridgehead atoms. The second-order valence-corrected chi connectivity index (χ2v) is 5.72. The van der Waals surface area contributed by atoms with Crippen LogP contribution in [0.2, 0.25) is 0 Å². The Labute approximate surface area is 132 Å². The van der Waals surface area contributed by atoms with Crippen LogP contribution in [0.1, 0.15) is 22.1 Å². The molecule has 0 aliphatic heterocycles. The summed E-state index contributed by atoms with van der Waals surface area (Å²) in [5.41, 5.74) is 3.07. The Morgan fingerprint density at radius 3 is 2.45 bits per heavy atom. The smallest absolute Gasteiger partial charge is 0.124 e. The molecule has 0 N–H and O–H groups in total. The quantitative estimate of drug-likeness (QED) is 0.710. The van der Waals surface area contributed by atoms with Gasteiger partial charge in [0, 0.05) is 10.0 Å². The van der Waals surface area contributed by atoms with Crippen LogP contribution in [0.25, 0.3) is 0 Å². The molecule has 0 saturated carbocycles. The maximum Gasteiger partial charge on any atom is 0.124 e. The first kappa shape index (κ1) is 15.2. The first-order chi connectivity index (χ1) is 9.58. The molecule has 0 aliphatic rings. The molecular formula is C16H16BrClO2. The highest BCUT2D eigenvalue weighted by Crippen LogP contribution is 2.39. The number of halogens is 2. The van der Waals surface area contributed by atoms with Gasteiger partial charge in [0.25, 0.3) is 0 Å². The van der Waals surface area contributed by atoms with Gasteiger partial charge in [0.2, 0.25) is 0 Å². The van der Waals surface area contributed by atoms with Crippen LogP contribution in [0.4, 0.5) is 0 Å². The van der Waals surface area contributed by atoms with Gasteiger partial charge in [0.1, 0.15) is 11.5 Å². The number of ether oxygens (including phenoxy) is 2. The topological polar surface area (TPSA) is 18.5 Å². The Bertz CT molecular complexity index is 613. The van der Waals surface area contributed by atoms with Crippen molar-refractivity contribution in [1.29, 1.82) is 0 Å². The molecule has 1 unspecified atom stereocenters. The van der Waals surface area contributed by atoms with Crippen molar-refractivity contribution in [3.8, 4) is 11.5 Å². The lowest BCUT2D eigenvalue weighted by Crippen LogP contribution is -2.00. The van der Waals surface area contributed by atoms with E-state index in [9.17, 15) is 0 Å². The highest BCUT2D eigenvalue weighted by Gasteiger charge is 2.19. The van der Waals surface area contributed by atoms with Crippen LogP contribution < -0.4 is 9.47 Å². The molecule has 2 nitrogen and oxygen atoms in total. The zero-order chi connectivity index (χ0) is 14.7. The fourth-order valence-electron chi connectivity index (χ4n) is 2.10. The predicted octanol–water partition coefficient (Wildman–Crippen LogP) is 5.10. The van der Waals surface area contributed by atoms with Crippen LogP contribution in [0.3, 0.4) is 0 Å². The fourth-order valence-corrected chi connectivity index (χ4v) is 2.89. The van der Waals surface area contributed by atoms with Crippen LogP contribution in [0, 0.1) is 6.92 Å². The van der Waals surface area contributed by atoms with E-state index in [-0.39, 0.29) is 5.38 Å². The molecule has 0 saturated heterocycles. The summed E-state index contributed by atoms with van der Waals surface area (Å²) < 4.78 is 11.7. The van der Waals surface area contributed by atoms with E-state index in [0.717, 1.165) is 32.7 Å². The summed E-state index contributed by atoms with van der Waals surface area (Å²) in [4.78, 5) is 0. The standard InChI is InChI=1S/C16H16BrClO2/c1-10-12(5-4-6-14(10)17)16(18)13-9-11(19-2)7-8-15(13)20-3/h4-9,16H,1-3H3. The minimum Gasteiger partial charge on any atom is -0.497 e. The highest BCUT2D eigenvalue weighted by molar-refractivity contribution is 9.10. The summed E-state index contributed by atoms with van der Waals surface area (Å²) in [5, 5.41) is -0.294. The minimum absolute atomic E-state index is 0.294. The summed E-state index contributed by atoms with van der Waals surface area (Å²) in [7, 11) is 3.28. The monoisotopic (exact) mass is 354 g/mol. The maximum atomic E-state index is 6.67. The van der Waals surface area contributed by atoms with E-state index in [1.807, 2.05) is 43.3 Å². The third kappa shape index (κ3) is 2.94. The molecule has 2 aromatic rings. The van der Waals surface area contributed by atoms with Crippen molar-refractivity contribution >= 4 is 27.5 Å². The number of alkyl halides is 1. The fraction of sp³-hybridized carbons (Fsp3) is 0.250. The second kappa shape index (κ2) is 6.51. The van der Waals surface area contributed by atoms with Gasteiger partial charge in [-0.25, -0.2) is 0 Å².